The van der Waals surface area contributed by atoms with E-state index in [1.165, 1.54) is 10.8 Å². The molecule has 0 aliphatic heterocycles. The number of aryl methyl sites for hydroxylation is 1. The average Bonchev–Trinajstić information content (AvgIpc) is 2.50. The van der Waals surface area contributed by atoms with Crippen molar-refractivity contribution in [2.24, 2.45) is 0 Å². The SMILES string of the molecule is CC(CCC(=O)O)NC(=O)CCc1ccc2ccccc2c1. The van der Waals surface area contributed by atoms with Gasteiger partial charge in [0.2, 0.25) is 5.91 Å². The van der Waals surface area contributed by atoms with E-state index in [0.717, 1.165) is 5.56 Å². The number of carboxylic acids is 1. The number of aliphatic carboxylic acids is 1. The number of benzene rings is 2. The Morgan fingerprint density at radius 3 is 2.55 bits per heavy atom. The first-order valence-corrected chi connectivity index (χ1v) is 7.53. The summed E-state index contributed by atoms with van der Waals surface area (Å²) in [6.07, 6.45) is 1.63. The molecule has 0 spiro atoms. The molecule has 0 aliphatic rings. The number of fused-ring (bicyclic) bond motifs is 1. The molecule has 22 heavy (non-hydrogen) atoms. The fourth-order valence-electron chi connectivity index (χ4n) is 2.41. The van der Waals surface area contributed by atoms with E-state index in [0.29, 0.717) is 19.3 Å². The summed E-state index contributed by atoms with van der Waals surface area (Å²) in [7, 11) is 0. The smallest absolute Gasteiger partial charge is 0.303 e. The maximum absolute atomic E-state index is 11.9. The lowest BCUT2D eigenvalue weighted by atomic mass is 10.0. The maximum Gasteiger partial charge on any atom is 0.303 e. The molecule has 1 unspecified atom stereocenters. The number of hydrogen-bond donors (Lipinski definition) is 2. The van der Waals surface area contributed by atoms with Gasteiger partial charge in [0, 0.05) is 18.9 Å². The third-order valence-electron chi connectivity index (χ3n) is 3.65. The second-order valence-electron chi connectivity index (χ2n) is 5.58. The first kappa shape index (κ1) is 16.0. The van der Waals surface area contributed by atoms with Crippen molar-refractivity contribution < 1.29 is 14.7 Å². The van der Waals surface area contributed by atoms with Gasteiger partial charge >= 0.3 is 5.97 Å². The van der Waals surface area contributed by atoms with Crippen molar-refractivity contribution in [1.82, 2.24) is 5.32 Å². The molecule has 0 aliphatic carbocycles. The fourth-order valence-corrected chi connectivity index (χ4v) is 2.41. The first-order chi connectivity index (χ1) is 10.5. The Labute approximate surface area is 130 Å². The van der Waals surface area contributed by atoms with E-state index in [-0.39, 0.29) is 18.4 Å². The molecule has 0 aromatic heterocycles. The van der Waals surface area contributed by atoms with Gasteiger partial charge in [-0.3, -0.25) is 9.59 Å². The lowest BCUT2D eigenvalue weighted by Crippen LogP contribution is -2.33. The van der Waals surface area contributed by atoms with E-state index >= 15 is 0 Å². The molecule has 2 rings (SSSR count). The minimum atomic E-state index is -0.836. The summed E-state index contributed by atoms with van der Waals surface area (Å²) in [5, 5.41) is 13.8. The van der Waals surface area contributed by atoms with E-state index < -0.39 is 5.97 Å². The molecule has 4 nitrogen and oxygen atoms in total. The highest BCUT2D eigenvalue weighted by molar-refractivity contribution is 5.83. The van der Waals surface area contributed by atoms with Gasteiger partial charge in [-0.2, -0.15) is 0 Å². The third-order valence-corrected chi connectivity index (χ3v) is 3.65. The van der Waals surface area contributed by atoms with Crippen LogP contribution in [0.3, 0.4) is 0 Å². The van der Waals surface area contributed by atoms with Crippen molar-refractivity contribution in [3.05, 3.63) is 48.0 Å². The van der Waals surface area contributed by atoms with E-state index in [9.17, 15) is 9.59 Å². The standard InChI is InChI=1S/C18H21NO3/c1-13(6-11-18(21)22)19-17(20)10-8-14-7-9-15-4-2-3-5-16(15)12-14/h2-5,7,9,12-13H,6,8,10-11H2,1H3,(H,19,20)(H,21,22). The van der Waals surface area contributed by atoms with Crippen molar-refractivity contribution >= 4 is 22.6 Å². The van der Waals surface area contributed by atoms with Gasteiger partial charge in [0.25, 0.3) is 0 Å². The van der Waals surface area contributed by atoms with Gasteiger partial charge < -0.3 is 10.4 Å². The third kappa shape index (κ3) is 4.88. The van der Waals surface area contributed by atoms with Crippen molar-refractivity contribution in [1.29, 1.82) is 0 Å². The predicted molar refractivity (Wildman–Crippen MR) is 86.7 cm³/mol. The Balaban J connectivity index is 1.83. The van der Waals surface area contributed by atoms with Crippen LogP contribution >= 0.6 is 0 Å². The van der Waals surface area contributed by atoms with Crippen molar-refractivity contribution in [3.63, 3.8) is 0 Å². The molecule has 2 aromatic rings. The maximum atomic E-state index is 11.9. The molecule has 1 atom stereocenters. The molecule has 0 saturated heterocycles. The molecule has 116 valence electrons. The summed E-state index contributed by atoms with van der Waals surface area (Å²) in [5.41, 5.74) is 1.13. The Bertz CT molecular complexity index is 666. The minimum absolute atomic E-state index is 0.0361. The Kier molecular flexibility index (Phi) is 5.53. The zero-order valence-electron chi connectivity index (χ0n) is 12.7. The molecule has 1 amide bonds. The van der Waals surface area contributed by atoms with Crippen LogP contribution in [0.4, 0.5) is 0 Å². The number of carbonyl (C=O) groups excluding carboxylic acids is 1. The van der Waals surface area contributed by atoms with Crippen LogP contribution in [0.5, 0.6) is 0 Å². The molecule has 2 N–H and O–H groups in total. The molecule has 0 fully saturated rings. The van der Waals surface area contributed by atoms with Gasteiger partial charge in [0.1, 0.15) is 0 Å². The van der Waals surface area contributed by atoms with Gasteiger partial charge in [-0.1, -0.05) is 42.5 Å². The minimum Gasteiger partial charge on any atom is -0.481 e. The number of carbonyl (C=O) groups is 2. The summed E-state index contributed by atoms with van der Waals surface area (Å²) in [6.45, 7) is 1.83. The Morgan fingerprint density at radius 1 is 1.09 bits per heavy atom. The second kappa shape index (κ2) is 7.59. The number of rotatable bonds is 7. The summed E-state index contributed by atoms with van der Waals surface area (Å²) < 4.78 is 0. The highest BCUT2D eigenvalue weighted by atomic mass is 16.4. The van der Waals surface area contributed by atoms with Crippen LogP contribution in [0.15, 0.2) is 42.5 Å². The lowest BCUT2D eigenvalue weighted by Gasteiger charge is -2.12. The van der Waals surface area contributed by atoms with Crippen LogP contribution in [-0.2, 0) is 16.0 Å². The summed E-state index contributed by atoms with van der Waals surface area (Å²) in [6, 6.07) is 14.2. The summed E-state index contributed by atoms with van der Waals surface area (Å²) in [5.74, 6) is -0.872. The molecule has 0 bridgehead atoms. The topological polar surface area (TPSA) is 66.4 Å². The van der Waals surface area contributed by atoms with E-state index in [1.54, 1.807) is 0 Å². The first-order valence-electron chi connectivity index (χ1n) is 7.53. The zero-order chi connectivity index (χ0) is 15.9. The normalized spacial score (nSPS) is 12.0. The molecular weight excluding hydrogens is 278 g/mol. The zero-order valence-corrected chi connectivity index (χ0v) is 12.7. The van der Waals surface area contributed by atoms with Crippen LogP contribution in [0.1, 0.15) is 31.7 Å². The molecule has 0 radical (unpaired) electrons. The molecule has 0 saturated carbocycles. The summed E-state index contributed by atoms with van der Waals surface area (Å²) >= 11 is 0. The van der Waals surface area contributed by atoms with E-state index in [2.05, 4.69) is 29.6 Å². The van der Waals surface area contributed by atoms with Crippen LogP contribution in [0.2, 0.25) is 0 Å². The van der Waals surface area contributed by atoms with Crippen LogP contribution in [-0.4, -0.2) is 23.0 Å². The Morgan fingerprint density at radius 2 is 1.82 bits per heavy atom. The Hall–Kier alpha value is -2.36. The number of amides is 1. The van der Waals surface area contributed by atoms with Crippen molar-refractivity contribution in [2.45, 2.75) is 38.6 Å². The van der Waals surface area contributed by atoms with Gasteiger partial charge in [-0.25, -0.2) is 0 Å². The molecule has 2 aromatic carbocycles. The monoisotopic (exact) mass is 299 g/mol. The molecule has 0 heterocycles. The number of carboxylic acid groups (broad SMARTS) is 1. The van der Waals surface area contributed by atoms with E-state index in [1.807, 2.05) is 25.1 Å². The molecule has 4 heteroatoms. The lowest BCUT2D eigenvalue weighted by molar-refractivity contribution is -0.137. The van der Waals surface area contributed by atoms with Crippen LogP contribution < -0.4 is 5.32 Å². The molecular formula is C18H21NO3. The summed E-state index contributed by atoms with van der Waals surface area (Å²) in [4.78, 5) is 22.4. The van der Waals surface area contributed by atoms with Crippen LogP contribution in [0, 0.1) is 0 Å². The van der Waals surface area contributed by atoms with Gasteiger partial charge in [-0.05, 0) is 36.1 Å². The van der Waals surface area contributed by atoms with E-state index in [4.69, 9.17) is 5.11 Å². The van der Waals surface area contributed by atoms with Gasteiger partial charge in [0.15, 0.2) is 0 Å². The average molecular weight is 299 g/mol. The fraction of sp³-hybridized carbons (Fsp3) is 0.333. The highest BCUT2D eigenvalue weighted by Gasteiger charge is 2.09. The highest BCUT2D eigenvalue weighted by Crippen LogP contribution is 2.16. The van der Waals surface area contributed by atoms with Crippen LogP contribution in [0.25, 0.3) is 10.8 Å². The second-order valence-corrected chi connectivity index (χ2v) is 5.58. The largest absolute Gasteiger partial charge is 0.481 e. The number of nitrogens with one attached hydrogen (secondary N) is 1. The van der Waals surface area contributed by atoms with Crippen molar-refractivity contribution in [2.75, 3.05) is 0 Å². The number of hydrogen-bond acceptors (Lipinski definition) is 2. The van der Waals surface area contributed by atoms with Gasteiger partial charge in [0.05, 0.1) is 0 Å². The quantitative estimate of drug-likeness (QED) is 0.825. The van der Waals surface area contributed by atoms with Gasteiger partial charge in [-0.15, -0.1) is 0 Å². The van der Waals surface area contributed by atoms with Crippen molar-refractivity contribution in [3.8, 4) is 0 Å². The predicted octanol–water partition coefficient (Wildman–Crippen LogP) is 3.14.